The Morgan fingerprint density at radius 2 is 1.49 bits per heavy atom. The van der Waals surface area contributed by atoms with Gasteiger partial charge in [0.05, 0.1) is 18.4 Å². The maximum atomic E-state index is 15.2. The number of hydrogen-bond donors (Lipinski definition) is 1. The molecule has 2 heterocycles. The number of rotatable bonds is 5. The molecule has 1 saturated carbocycles. The number of amides is 4. The Balaban J connectivity index is 1.61. The van der Waals surface area contributed by atoms with Crippen molar-refractivity contribution in [2.45, 2.75) is 54.8 Å². The Morgan fingerprint density at radius 1 is 0.894 bits per heavy atom. The largest absolute Gasteiger partial charge is 0.491 e. The molecule has 2 aliphatic heterocycles. The highest BCUT2D eigenvalue weighted by molar-refractivity contribution is 6.58. The van der Waals surface area contributed by atoms with Crippen molar-refractivity contribution in [2.75, 3.05) is 18.1 Å². The minimum atomic E-state index is -2.67. The van der Waals surface area contributed by atoms with E-state index in [4.69, 9.17) is 27.9 Å². The van der Waals surface area contributed by atoms with Crippen molar-refractivity contribution in [1.29, 1.82) is 0 Å². The molecule has 6 rings (SSSR count). The maximum Gasteiger partial charge on any atom is 0.258 e. The number of fused-ring (bicyclic) bond motifs is 4. The molecule has 2 aliphatic carbocycles. The number of alkyl halides is 2. The van der Waals surface area contributed by atoms with Crippen molar-refractivity contribution < 1.29 is 51.0 Å². The van der Waals surface area contributed by atoms with Crippen LogP contribution in [0.1, 0.15) is 45.1 Å². The number of carbonyl (C=O) groups excluding carboxylic acids is 4. The van der Waals surface area contributed by atoms with Crippen molar-refractivity contribution in [3.05, 3.63) is 70.6 Å². The van der Waals surface area contributed by atoms with Crippen LogP contribution in [0, 0.1) is 46.8 Å². The lowest BCUT2D eigenvalue weighted by Crippen LogP contribution is -2.60. The van der Waals surface area contributed by atoms with Crippen LogP contribution in [-0.4, -0.2) is 62.1 Å². The van der Waals surface area contributed by atoms with Crippen molar-refractivity contribution in [1.82, 2.24) is 4.90 Å². The Kier molecular flexibility index (Phi) is 7.80. The molecule has 0 spiro atoms. The van der Waals surface area contributed by atoms with Crippen molar-refractivity contribution >= 4 is 52.5 Å². The van der Waals surface area contributed by atoms with Gasteiger partial charge in [-0.2, -0.15) is 0 Å². The highest BCUT2D eigenvalue weighted by atomic mass is 35.5. The summed E-state index contributed by atoms with van der Waals surface area (Å²) in [7, 11) is 0. The molecule has 47 heavy (non-hydrogen) atoms. The molecule has 3 fully saturated rings. The number of carbonyl (C=O) groups is 4. The fourth-order valence-corrected chi connectivity index (χ4v) is 8.51. The molecule has 2 aromatic carbocycles. The number of para-hydroxylation sites is 1. The van der Waals surface area contributed by atoms with Crippen LogP contribution in [0.15, 0.2) is 35.9 Å². The topological polar surface area (TPSA) is 104 Å². The quantitative estimate of drug-likeness (QED) is 0.116. The number of ether oxygens (including phenoxy) is 1. The highest BCUT2D eigenvalue weighted by Gasteiger charge is 2.77. The van der Waals surface area contributed by atoms with Gasteiger partial charge in [0.2, 0.25) is 17.6 Å². The van der Waals surface area contributed by atoms with Gasteiger partial charge in [0.25, 0.3) is 11.8 Å². The summed E-state index contributed by atoms with van der Waals surface area (Å²) in [5, 5.41) is 9.44. The summed E-state index contributed by atoms with van der Waals surface area (Å²) in [6.07, 6.45) is 1.03. The van der Waals surface area contributed by atoms with Gasteiger partial charge in [-0.25, -0.2) is 26.9 Å². The lowest BCUT2D eigenvalue weighted by Gasteiger charge is -2.51. The third-order valence-electron chi connectivity index (χ3n) is 9.47. The summed E-state index contributed by atoms with van der Waals surface area (Å²) in [5.74, 6) is -20.8. The lowest BCUT2D eigenvalue weighted by atomic mass is 9.56. The number of aliphatic hydroxyl groups is 1. The molecular weight excluding hydrogens is 674 g/mol. The van der Waals surface area contributed by atoms with Crippen LogP contribution < -0.4 is 9.64 Å². The van der Waals surface area contributed by atoms with Crippen molar-refractivity contribution in [2.24, 2.45) is 17.8 Å². The van der Waals surface area contributed by atoms with Gasteiger partial charge < -0.3 is 9.84 Å². The zero-order chi connectivity index (χ0) is 34.5. The molecule has 4 aliphatic rings. The zero-order valence-electron chi connectivity index (χ0n) is 25.1. The van der Waals surface area contributed by atoms with Crippen LogP contribution in [0.2, 0.25) is 0 Å². The van der Waals surface area contributed by atoms with Gasteiger partial charge in [0.1, 0.15) is 18.0 Å². The number of likely N-dealkylation sites (tertiary alicyclic amines) is 1. The molecule has 15 heteroatoms. The monoisotopic (exact) mass is 700 g/mol. The molecule has 6 unspecified atom stereocenters. The number of anilines is 1. The van der Waals surface area contributed by atoms with Gasteiger partial charge in [-0.05, 0) is 45.6 Å². The third-order valence-corrected chi connectivity index (χ3v) is 10.9. The van der Waals surface area contributed by atoms with Crippen molar-refractivity contribution in [3.63, 3.8) is 0 Å². The first kappa shape index (κ1) is 33.4. The summed E-state index contributed by atoms with van der Waals surface area (Å²) in [5.41, 5.74) is -2.36. The first-order valence-electron chi connectivity index (χ1n) is 14.6. The predicted octanol–water partition coefficient (Wildman–Crippen LogP) is 5.12. The molecule has 0 aromatic heterocycles. The molecular formula is C32H27Cl2F5N2O6. The summed E-state index contributed by atoms with van der Waals surface area (Å²) in [6, 6.07) is 6.02. The van der Waals surface area contributed by atoms with Crippen LogP contribution in [0.3, 0.4) is 0 Å². The second-order valence-electron chi connectivity index (χ2n) is 13.0. The summed E-state index contributed by atoms with van der Waals surface area (Å²) < 4.78 is 78.8. The van der Waals surface area contributed by atoms with E-state index in [-0.39, 0.29) is 29.2 Å². The standard InChI is InChI=1S/C32H27Cl2F5N2O6/c1-30(2,3)41-26(43)15-9-8-13-16(18(15)27(41)44)12-31(33)28(45)40(25-23(38)21(36)20(35)22(37)24(25)39)29(46)32(31,34)19(13)14-6-4-5-7-17(14)47-11-10-42/h4-8,15-16,18-19,42H,9-12H2,1-3H3. The van der Waals surface area contributed by atoms with E-state index in [0.717, 1.165) is 4.90 Å². The second-order valence-corrected chi connectivity index (χ2v) is 14.2. The van der Waals surface area contributed by atoms with Crippen LogP contribution in [0.4, 0.5) is 27.6 Å². The van der Waals surface area contributed by atoms with E-state index in [0.29, 0.717) is 5.57 Å². The van der Waals surface area contributed by atoms with Crippen LogP contribution in [-0.2, 0) is 19.2 Å². The number of halogens is 7. The Labute approximate surface area is 275 Å². The Morgan fingerprint density at radius 3 is 2.09 bits per heavy atom. The summed E-state index contributed by atoms with van der Waals surface area (Å²) in [4.78, 5) is 51.7. The number of hydrogen-bond acceptors (Lipinski definition) is 6. The van der Waals surface area contributed by atoms with Gasteiger partial charge in [-0.1, -0.05) is 29.8 Å². The van der Waals surface area contributed by atoms with Crippen LogP contribution in [0.5, 0.6) is 5.75 Å². The highest BCUT2D eigenvalue weighted by Crippen LogP contribution is 2.66. The molecule has 0 radical (unpaired) electrons. The second kappa shape index (κ2) is 11.0. The SMILES string of the molecule is CC(C)(C)N1C(=O)C2CC=C3C(CC4(Cl)C(=O)N(c5c(F)c(F)c(F)c(F)c5F)C(=O)C4(Cl)C3c3ccccc3OCCO)C2C1=O. The maximum absolute atomic E-state index is 15.2. The van der Waals surface area contributed by atoms with E-state index in [9.17, 15) is 37.5 Å². The average molecular weight is 701 g/mol. The number of aliphatic hydroxyl groups excluding tert-OH is 1. The summed E-state index contributed by atoms with van der Waals surface area (Å²) >= 11 is 14.3. The Bertz CT molecular complexity index is 1770. The van der Waals surface area contributed by atoms with Gasteiger partial charge in [-0.3, -0.25) is 24.1 Å². The molecule has 4 amide bonds. The normalized spacial score (nSPS) is 30.4. The molecule has 1 N–H and O–H groups in total. The molecule has 2 saturated heterocycles. The minimum absolute atomic E-state index is 0.0234. The lowest BCUT2D eigenvalue weighted by molar-refractivity contribution is -0.145. The number of allylic oxidation sites excluding steroid dienone is 2. The van der Waals surface area contributed by atoms with Gasteiger partial charge in [-0.15, -0.1) is 23.2 Å². The van der Waals surface area contributed by atoms with E-state index in [1.807, 2.05) is 0 Å². The Hall–Kier alpha value is -3.55. The predicted molar refractivity (Wildman–Crippen MR) is 157 cm³/mol. The van der Waals surface area contributed by atoms with E-state index in [2.05, 4.69) is 0 Å². The van der Waals surface area contributed by atoms with E-state index in [1.54, 1.807) is 32.9 Å². The fourth-order valence-electron chi connectivity index (χ4n) is 7.58. The molecule has 2 aromatic rings. The van der Waals surface area contributed by atoms with Crippen molar-refractivity contribution in [3.8, 4) is 5.75 Å². The van der Waals surface area contributed by atoms with Gasteiger partial charge in [0, 0.05) is 17.0 Å². The van der Waals surface area contributed by atoms with E-state index >= 15 is 8.78 Å². The molecule has 6 atom stereocenters. The average Bonchev–Trinajstić information content (AvgIpc) is 3.37. The third kappa shape index (κ3) is 4.34. The molecule has 250 valence electrons. The molecule has 0 bridgehead atoms. The van der Waals surface area contributed by atoms with E-state index in [1.165, 1.54) is 18.2 Å². The first-order chi connectivity index (χ1) is 21.9. The van der Waals surface area contributed by atoms with Gasteiger partial charge in [0.15, 0.2) is 33.0 Å². The van der Waals surface area contributed by atoms with Gasteiger partial charge >= 0.3 is 0 Å². The smallest absolute Gasteiger partial charge is 0.258 e. The summed E-state index contributed by atoms with van der Waals surface area (Å²) in [6.45, 7) is 4.35. The van der Waals surface area contributed by atoms with Crippen LogP contribution in [0.25, 0.3) is 0 Å². The first-order valence-corrected chi connectivity index (χ1v) is 15.4. The fraction of sp³-hybridized carbons (Fsp3) is 0.438. The number of imide groups is 2. The minimum Gasteiger partial charge on any atom is -0.491 e. The van der Waals surface area contributed by atoms with Crippen LogP contribution >= 0.6 is 23.2 Å². The number of benzene rings is 2. The molecule has 8 nitrogen and oxygen atoms in total. The van der Waals surface area contributed by atoms with E-state index < -0.39 is 110 Å². The zero-order valence-corrected chi connectivity index (χ0v) is 26.6. The number of nitrogens with zero attached hydrogens (tertiary/aromatic N) is 2.